The molecule has 10 nitrogen and oxygen atoms in total. The van der Waals surface area contributed by atoms with Gasteiger partial charge in [0.25, 0.3) is 5.69 Å². The summed E-state index contributed by atoms with van der Waals surface area (Å²) in [5.41, 5.74) is 2.05. The van der Waals surface area contributed by atoms with Gasteiger partial charge < -0.3 is 14.1 Å². The van der Waals surface area contributed by atoms with Crippen molar-refractivity contribution in [2.75, 3.05) is 0 Å². The van der Waals surface area contributed by atoms with Gasteiger partial charge in [0.1, 0.15) is 41.3 Å². The van der Waals surface area contributed by atoms with Gasteiger partial charge in [-0.15, -0.1) is 5.10 Å². The summed E-state index contributed by atoms with van der Waals surface area (Å²) in [6.07, 6.45) is 8.03. The average molecular weight is 476 g/mol. The number of aromatic nitrogens is 5. The van der Waals surface area contributed by atoms with E-state index in [-0.39, 0.29) is 23.7 Å². The highest BCUT2D eigenvalue weighted by molar-refractivity contribution is 5.91. The topological polar surface area (TPSA) is 125 Å². The maximum absolute atomic E-state index is 13.7. The van der Waals surface area contributed by atoms with Crippen molar-refractivity contribution in [3.8, 4) is 17.3 Å². The van der Waals surface area contributed by atoms with Crippen LogP contribution in [0.2, 0.25) is 0 Å². The number of ether oxygens (including phenoxy) is 1. The number of non-ortho nitro benzene ring substituents is 1. The summed E-state index contributed by atoms with van der Waals surface area (Å²) >= 11 is 0. The minimum Gasteiger partial charge on any atom is -0.487 e. The molecule has 0 bridgehead atoms. The number of unbranched alkanes of at least 4 members (excludes halogenated alkanes) is 1. The lowest BCUT2D eigenvalue weighted by molar-refractivity contribution is -0.383. The van der Waals surface area contributed by atoms with Crippen LogP contribution in [-0.4, -0.2) is 29.9 Å². The first-order valence-electron chi connectivity index (χ1n) is 11.0. The van der Waals surface area contributed by atoms with E-state index in [1.54, 1.807) is 12.3 Å². The van der Waals surface area contributed by atoms with Crippen molar-refractivity contribution in [2.45, 2.75) is 32.4 Å². The first kappa shape index (κ1) is 22.3. The quantitative estimate of drug-likeness (QED) is 0.170. The molecular formula is C24H21FN6O4. The zero-order valence-electron chi connectivity index (χ0n) is 18.6. The molecule has 1 N–H and O–H groups in total. The van der Waals surface area contributed by atoms with Crippen LogP contribution in [0.5, 0.6) is 5.75 Å². The molecule has 5 aromatic rings. The Labute approximate surface area is 198 Å². The summed E-state index contributed by atoms with van der Waals surface area (Å²) in [7, 11) is 0. The fraction of sp³-hybridized carbons (Fsp3) is 0.208. The molecule has 0 aliphatic heterocycles. The van der Waals surface area contributed by atoms with Gasteiger partial charge in [-0.05, 0) is 49.1 Å². The fourth-order valence-electron chi connectivity index (χ4n) is 3.81. The van der Waals surface area contributed by atoms with Gasteiger partial charge in [-0.2, -0.15) is 0 Å². The summed E-state index contributed by atoms with van der Waals surface area (Å²) in [4.78, 5) is 17.9. The van der Waals surface area contributed by atoms with E-state index in [2.05, 4.69) is 20.3 Å². The highest BCUT2D eigenvalue weighted by Crippen LogP contribution is 2.31. The summed E-state index contributed by atoms with van der Waals surface area (Å²) in [5, 5.41) is 19.3. The Hall–Kier alpha value is -4.54. The number of hydrogen-bond acceptors (Lipinski definition) is 7. The van der Waals surface area contributed by atoms with Gasteiger partial charge in [0.2, 0.25) is 5.89 Å². The number of H-pyrrole nitrogens is 1. The summed E-state index contributed by atoms with van der Waals surface area (Å²) in [6, 6.07) is 11.6. The summed E-state index contributed by atoms with van der Waals surface area (Å²) in [5.74, 6) is 0.252. The molecule has 0 aliphatic carbocycles. The molecule has 178 valence electrons. The second-order valence-corrected chi connectivity index (χ2v) is 8.03. The van der Waals surface area contributed by atoms with Crippen LogP contribution in [0.25, 0.3) is 22.5 Å². The van der Waals surface area contributed by atoms with Crippen molar-refractivity contribution >= 4 is 16.6 Å². The van der Waals surface area contributed by atoms with E-state index in [9.17, 15) is 14.5 Å². The average Bonchev–Trinajstić information content (AvgIpc) is 3.61. The van der Waals surface area contributed by atoms with E-state index in [4.69, 9.17) is 9.15 Å². The van der Waals surface area contributed by atoms with Crippen LogP contribution in [0, 0.1) is 15.9 Å². The van der Waals surface area contributed by atoms with E-state index in [1.165, 1.54) is 17.9 Å². The number of hydrogen-bond donors (Lipinski definition) is 1. The third kappa shape index (κ3) is 5.18. The summed E-state index contributed by atoms with van der Waals surface area (Å²) in [6.45, 7) is 1.04. The van der Waals surface area contributed by atoms with Crippen LogP contribution >= 0.6 is 0 Å². The van der Waals surface area contributed by atoms with E-state index in [0.29, 0.717) is 22.5 Å². The molecule has 3 heterocycles. The SMILES string of the molecule is O=[N+]([O-])c1cc(F)cc2cc(-c3nc(COc4ccc(CCCCn5ccnn5)cc4)co3)[nH]c12. The van der Waals surface area contributed by atoms with Crippen molar-refractivity contribution in [2.24, 2.45) is 0 Å². The first-order chi connectivity index (χ1) is 17.0. The fourth-order valence-corrected chi connectivity index (χ4v) is 3.81. The molecule has 0 atom stereocenters. The molecule has 0 amide bonds. The predicted molar refractivity (Wildman–Crippen MR) is 124 cm³/mol. The predicted octanol–water partition coefficient (Wildman–Crippen LogP) is 5.06. The zero-order valence-corrected chi connectivity index (χ0v) is 18.6. The molecule has 3 aromatic heterocycles. The van der Waals surface area contributed by atoms with Crippen molar-refractivity contribution in [1.82, 2.24) is 25.0 Å². The van der Waals surface area contributed by atoms with Gasteiger partial charge in [0.05, 0.1) is 17.2 Å². The molecule has 0 fully saturated rings. The second-order valence-electron chi connectivity index (χ2n) is 8.03. The first-order valence-corrected chi connectivity index (χ1v) is 11.0. The number of benzene rings is 2. The van der Waals surface area contributed by atoms with Gasteiger partial charge in [-0.3, -0.25) is 14.8 Å². The molecule has 0 saturated carbocycles. The van der Waals surface area contributed by atoms with Crippen molar-refractivity contribution < 1.29 is 18.5 Å². The Kier molecular flexibility index (Phi) is 6.20. The Morgan fingerprint density at radius 3 is 2.80 bits per heavy atom. The molecule has 0 radical (unpaired) electrons. The minimum atomic E-state index is -0.686. The lowest BCUT2D eigenvalue weighted by Gasteiger charge is -2.06. The van der Waals surface area contributed by atoms with Gasteiger partial charge >= 0.3 is 0 Å². The number of oxazole rings is 1. The molecule has 0 aliphatic rings. The van der Waals surface area contributed by atoms with Crippen molar-refractivity contribution in [1.29, 1.82) is 0 Å². The Balaban J connectivity index is 1.17. The van der Waals surface area contributed by atoms with Crippen LogP contribution in [0.4, 0.5) is 10.1 Å². The van der Waals surface area contributed by atoms with E-state index in [0.717, 1.165) is 31.9 Å². The minimum absolute atomic E-state index is 0.190. The molecule has 0 unspecified atom stereocenters. The number of halogens is 1. The smallest absolute Gasteiger partial charge is 0.296 e. The maximum Gasteiger partial charge on any atom is 0.296 e. The number of nitrogens with zero attached hydrogens (tertiary/aromatic N) is 5. The Morgan fingerprint density at radius 2 is 2.03 bits per heavy atom. The second kappa shape index (κ2) is 9.75. The van der Waals surface area contributed by atoms with Crippen molar-refractivity contribution in [3.05, 3.63) is 88.3 Å². The normalized spacial score (nSPS) is 11.2. The molecule has 0 saturated heterocycles. The number of fused-ring (bicyclic) bond motifs is 1. The molecule has 11 heteroatoms. The molecule has 35 heavy (non-hydrogen) atoms. The Morgan fingerprint density at radius 1 is 1.17 bits per heavy atom. The van der Waals surface area contributed by atoms with Crippen LogP contribution in [0.1, 0.15) is 24.1 Å². The standard InChI is InChI=1S/C24H21FN6O4/c25-18-11-17-12-21(28-23(17)22(13-18)31(32)33)24-27-19(15-35-24)14-34-20-6-4-16(5-7-20)3-1-2-9-30-10-8-26-29-30/h4-8,10-13,15,28H,1-3,9,14H2. The number of aryl methyl sites for hydroxylation is 2. The van der Waals surface area contributed by atoms with Crippen LogP contribution in [0.15, 0.2) is 65.5 Å². The molecule has 2 aromatic carbocycles. The monoisotopic (exact) mass is 476 g/mol. The van der Waals surface area contributed by atoms with Crippen LogP contribution in [0.3, 0.4) is 0 Å². The number of rotatable bonds is 10. The van der Waals surface area contributed by atoms with E-state index < -0.39 is 10.7 Å². The Bertz CT molecular complexity index is 1440. The lowest BCUT2D eigenvalue weighted by atomic mass is 10.1. The van der Waals surface area contributed by atoms with Gasteiger partial charge in [0.15, 0.2) is 0 Å². The van der Waals surface area contributed by atoms with Crippen LogP contribution < -0.4 is 4.74 Å². The zero-order chi connectivity index (χ0) is 24.2. The van der Waals surface area contributed by atoms with Crippen LogP contribution in [-0.2, 0) is 19.6 Å². The van der Waals surface area contributed by atoms with E-state index >= 15 is 0 Å². The number of nitro groups is 1. The molecule has 5 rings (SSSR count). The van der Waals surface area contributed by atoms with E-state index in [1.807, 2.05) is 35.1 Å². The maximum atomic E-state index is 13.7. The van der Waals surface area contributed by atoms with Crippen molar-refractivity contribution in [3.63, 3.8) is 0 Å². The highest BCUT2D eigenvalue weighted by Gasteiger charge is 2.19. The highest BCUT2D eigenvalue weighted by atomic mass is 19.1. The molecular weight excluding hydrogens is 455 g/mol. The number of aromatic amines is 1. The summed E-state index contributed by atoms with van der Waals surface area (Å²) < 4.78 is 26.8. The third-order valence-electron chi connectivity index (χ3n) is 5.54. The van der Waals surface area contributed by atoms with Gasteiger partial charge in [-0.25, -0.2) is 9.37 Å². The number of nitro benzene ring substituents is 1. The third-order valence-corrected chi connectivity index (χ3v) is 5.54. The lowest BCUT2D eigenvalue weighted by Crippen LogP contribution is -1.99. The molecule has 0 spiro atoms. The van der Waals surface area contributed by atoms with Gasteiger partial charge in [-0.1, -0.05) is 17.3 Å². The van der Waals surface area contributed by atoms with Gasteiger partial charge in [0, 0.05) is 18.1 Å². The number of nitrogens with one attached hydrogen (secondary N) is 1. The largest absolute Gasteiger partial charge is 0.487 e.